The van der Waals surface area contributed by atoms with Gasteiger partial charge in [-0.1, -0.05) is 101 Å². The van der Waals surface area contributed by atoms with Crippen LogP contribution in [0.5, 0.6) is 5.75 Å². The molecule has 1 aliphatic rings. The first-order chi connectivity index (χ1) is 16.9. The largest absolute Gasteiger partial charge is 0.427 e. The Bertz CT molecular complexity index is 1130. The summed E-state index contributed by atoms with van der Waals surface area (Å²) >= 11 is 0. The van der Waals surface area contributed by atoms with Crippen LogP contribution in [-0.2, 0) is 19.0 Å². The van der Waals surface area contributed by atoms with Crippen LogP contribution in [0.25, 0.3) is 22.3 Å². The average molecular weight is 481 g/mol. The molecule has 0 atom stereocenters. The molecule has 4 heteroatoms. The van der Waals surface area contributed by atoms with Crippen LogP contribution < -0.4 is 4.74 Å². The number of alkyl halides is 2. The molecule has 0 radical (unpaired) electrons. The van der Waals surface area contributed by atoms with Crippen molar-refractivity contribution in [1.29, 1.82) is 0 Å². The van der Waals surface area contributed by atoms with Crippen molar-refractivity contribution in [3.05, 3.63) is 77.1 Å². The number of ether oxygens (including phenoxy) is 1. The van der Waals surface area contributed by atoms with Gasteiger partial charge in [0.05, 0.1) is 5.56 Å². The maximum Gasteiger partial charge on any atom is 0.427 e. The van der Waals surface area contributed by atoms with E-state index in [1.54, 1.807) is 18.2 Å². The zero-order valence-corrected chi connectivity index (χ0v) is 20.8. The van der Waals surface area contributed by atoms with E-state index in [2.05, 4.69) is 19.1 Å². The molecule has 0 aliphatic carbocycles. The van der Waals surface area contributed by atoms with Crippen LogP contribution in [0.4, 0.5) is 13.2 Å². The van der Waals surface area contributed by atoms with Gasteiger partial charge < -0.3 is 4.74 Å². The standard InChI is InChI=1S/C31H35F3O/c1-3-5-7-8-9-10-11-22-13-15-23(16-14-22)25-18-19-26-27-20-17-24(12-6-4-2)29(32)30(27)35-31(33,34)28(26)21-25/h13-21H,3-12H2,1-2H3. The predicted molar refractivity (Wildman–Crippen MR) is 137 cm³/mol. The van der Waals surface area contributed by atoms with Gasteiger partial charge in [-0.05, 0) is 59.6 Å². The SMILES string of the molecule is CCCCCCCCc1ccc(-c2ccc3c(c2)C(F)(F)Oc2c-3ccc(CCCC)c2F)cc1. The van der Waals surface area contributed by atoms with Gasteiger partial charge in [0.15, 0.2) is 11.6 Å². The third-order valence-corrected chi connectivity index (χ3v) is 6.94. The van der Waals surface area contributed by atoms with Gasteiger partial charge in [0.25, 0.3) is 0 Å². The second-order valence-electron chi connectivity index (χ2n) is 9.61. The lowest BCUT2D eigenvalue weighted by atomic mass is 9.90. The van der Waals surface area contributed by atoms with Crippen LogP contribution in [0, 0.1) is 5.82 Å². The van der Waals surface area contributed by atoms with Gasteiger partial charge in [0.2, 0.25) is 0 Å². The highest BCUT2D eigenvalue weighted by molar-refractivity contribution is 5.80. The molecule has 0 aromatic heterocycles. The number of fused-ring (bicyclic) bond motifs is 3. The summed E-state index contributed by atoms with van der Waals surface area (Å²) in [5, 5.41) is 0. The minimum absolute atomic E-state index is 0.223. The first kappa shape index (κ1) is 25.3. The number of benzene rings is 3. The fraction of sp³-hybridized carbons (Fsp3) is 0.419. The van der Waals surface area contributed by atoms with E-state index in [1.165, 1.54) is 50.2 Å². The molecule has 3 aromatic carbocycles. The molecule has 35 heavy (non-hydrogen) atoms. The Balaban J connectivity index is 1.53. The molecule has 186 valence electrons. The number of unbranched alkanes of at least 4 members (excludes halogenated alkanes) is 6. The van der Waals surface area contributed by atoms with Crippen molar-refractivity contribution < 1.29 is 17.9 Å². The molecule has 0 fully saturated rings. The van der Waals surface area contributed by atoms with Crippen molar-refractivity contribution in [2.24, 2.45) is 0 Å². The van der Waals surface area contributed by atoms with Gasteiger partial charge in [-0.3, -0.25) is 0 Å². The summed E-state index contributed by atoms with van der Waals surface area (Å²) < 4.78 is 50.1. The summed E-state index contributed by atoms with van der Waals surface area (Å²) in [7, 11) is 0. The van der Waals surface area contributed by atoms with Gasteiger partial charge >= 0.3 is 6.11 Å². The van der Waals surface area contributed by atoms with E-state index in [4.69, 9.17) is 4.74 Å². The highest BCUT2D eigenvalue weighted by Crippen LogP contribution is 2.49. The van der Waals surface area contributed by atoms with Crippen LogP contribution in [-0.4, -0.2) is 0 Å². The first-order valence-electron chi connectivity index (χ1n) is 13.1. The van der Waals surface area contributed by atoms with Crippen molar-refractivity contribution in [2.45, 2.75) is 84.2 Å². The van der Waals surface area contributed by atoms with Crippen LogP contribution in [0.2, 0.25) is 0 Å². The second kappa shape index (κ2) is 11.3. The topological polar surface area (TPSA) is 9.23 Å². The number of rotatable bonds is 11. The maximum atomic E-state index is 15.1. The van der Waals surface area contributed by atoms with Crippen molar-refractivity contribution in [3.8, 4) is 28.0 Å². The summed E-state index contributed by atoms with van der Waals surface area (Å²) in [4.78, 5) is 0. The average Bonchev–Trinajstić information content (AvgIpc) is 2.86. The van der Waals surface area contributed by atoms with Gasteiger partial charge in [0.1, 0.15) is 0 Å². The summed E-state index contributed by atoms with van der Waals surface area (Å²) in [6.07, 6.45) is 7.19. The first-order valence-corrected chi connectivity index (χ1v) is 13.1. The van der Waals surface area contributed by atoms with E-state index in [0.29, 0.717) is 28.7 Å². The van der Waals surface area contributed by atoms with Gasteiger partial charge in [-0.25, -0.2) is 4.39 Å². The zero-order chi connectivity index (χ0) is 24.8. The fourth-order valence-corrected chi connectivity index (χ4v) is 4.82. The lowest BCUT2D eigenvalue weighted by Gasteiger charge is -2.29. The highest BCUT2D eigenvalue weighted by atomic mass is 19.3. The van der Waals surface area contributed by atoms with Crippen LogP contribution in [0.1, 0.15) is 81.9 Å². The molecule has 0 amide bonds. The lowest BCUT2D eigenvalue weighted by Crippen LogP contribution is -2.27. The lowest BCUT2D eigenvalue weighted by molar-refractivity contribution is -0.188. The maximum absolute atomic E-state index is 15.1. The van der Waals surface area contributed by atoms with Crippen molar-refractivity contribution >= 4 is 0 Å². The molecule has 0 N–H and O–H groups in total. The molecule has 4 rings (SSSR count). The Hall–Kier alpha value is -2.75. The Morgan fingerprint density at radius 1 is 0.686 bits per heavy atom. The van der Waals surface area contributed by atoms with Crippen LogP contribution in [0.15, 0.2) is 54.6 Å². The highest BCUT2D eigenvalue weighted by Gasteiger charge is 2.43. The summed E-state index contributed by atoms with van der Waals surface area (Å²) in [6.45, 7) is 4.24. The van der Waals surface area contributed by atoms with Crippen LogP contribution >= 0.6 is 0 Å². The molecule has 1 nitrogen and oxygen atoms in total. The van der Waals surface area contributed by atoms with Crippen molar-refractivity contribution in [3.63, 3.8) is 0 Å². The Morgan fingerprint density at radius 2 is 1.34 bits per heavy atom. The summed E-state index contributed by atoms with van der Waals surface area (Å²) in [6, 6.07) is 16.5. The molecule has 0 saturated carbocycles. The molecule has 1 heterocycles. The third kappa shape index (κ3) is 5.74. The molecule has 0 unspecified atom stereocenters. The van der Waals surface area contributed by atoms with E-state index in [9.17, 15) is 0 Å². The summed E-state index contributed by atoms with van der Waals surface area (Å²) in [5.41, 5.74) is 3.73. The minimum Gasteiger partial charge on any atom is -0.425 e. The Morgan fingerprint density at radius 3 is 2.09 bits per heavy atom. The van der Waals surface area contributed by atoms with E-state index in [1.807, 2.05) is 25.1 Å². The smallest absolute Gasteiger partial charge is 0.425 e. The molecule has 0 saturated heterocycles. The molecule has 1 aliphatic heterocycles. The van der Waals surface area contributed by atoms with E-state index >= 15 is 13.2 Å². The quantitative estimate of drug-likeness (QED) is 0.248. The fourth-order valence-electron chi connectivity index (χ4n) is 4.82. The molecular formula is C31H35F3O. The summed E-state index contributed by atoms with van der Waals surface area (Å²) in [5.74, 6) is -1.02. The van der Waals surface area contributed by atoms with Gasteiger partial charge in [-0.2, -0.15) is 8.78 Å². The molecule has 0 bridgehead atoms. The number of hydrogen-bond acceptors (Lipinski definition) is 1. The van der Waals surface area contributed by atoms with Gasteiger partial charge in [0, 0.05) is 5.56 Å². The predicted octanol–water partition coefficient (Wildman–Crippen LogP) is 9.85. The molecular weight excluding hydrogens is 445 g/mol. The molecule has 3 aromatic rings. The van der Waals surface area contributed by atoms with Gasteiger partial charge in [-0.15, -0.1) is 0 Å². The van der Waals surface area contributed by atoms with E-state index < -0.39 is 11.9 Å². The minimum atomic E-state index is -3.60. The monoisotopic (exact) mass is 480 g/mol. The Labute approximate surface area is 207 Å². The van der Waals surface area contributed by atoms with Crippen LogP contribution in [0.3, 0.4) is 0 Å². The van der Waals surface area contributed by atoms with Crippen molar-refractivity contribution in [1.82, 2.24) is 0 Å². The number of aryl methyl sites for hydroxylation is 2. The number of hydrogen-bond donors (Lipinski definition) is 0. The Kier molecular flexibility index (Phi) is 8.20. The number of halogens is 3. The normalized spacial score (nSPS) is 13.7. The third-order valence-electron chi connectivity index (χ3n) is 6.94. The zero-order valence-electron chi connectivity index (χ0n) is 20.8. The van der Waals surface area contributed by atoms with Crippen molar-refractivity contribution in [2.75, 3.05) is 0 Å². The van der Waals surface area contributed by atoms with E-state index in [-0.39, 0.29) is 11.3 Å². The van der Waals surface area contributed by atoms with E-state index in [0.717, 1.165) is 24.8 Å². The second-order valence-corrected chi connectivity index (χ2v) is 9.61. The molecule has 0 spiro atoms.